The second kappa shape index (κ2) is 6.00. The third kappa shape index (κ3) is 3.23. The van der Waals surface area contributed by atoms with Crippen molar-refractivity contribution in [2.45, 2.75) is 20.0 Å². The number of rotatable bonds is 3. The Kier molecular flexibility index (Phi) is 4.53. The number of ether oxygens (including phenoxy) is 1. The standard InChI is InChI=1S/C15H13Cl2FO2/c1-8-5-15(11(9(2)19)7-14(8)18)20-10-3-4-12(16)13(17)6-10/h3-7,9,19H,1-2H3/t9-/m1/s1. The fraction of sp³-hybridized carbons (Fsp3) is 0.200. The van der Waals surface area contributed by atoms with E-state index in [2.05, 4.69) is 0 Å². The van der Waals surface area contributed by atoms with Crippen LogP contribution in [-0.2, 0) is 0 Å². The van der Waals surface area contributed by atoms with Gasteiger partial charge < -0.3 is 9.84 Å². The van der Waals surface area contributed by atoms with Crippen LogP contribution >= 0.6 is 23.2 Å². The number of aliphatic hydroxyl groups excluding tert-OH is 1. The third-order valence-corrected chi connectivity index (χ3v) is 3.60. The summed E-state index contributed by atoms with van der Waals surface area (Å²) in [6.45, 7) is 3.18. The van der Waals surface area contributed by atoms with Crippen molar-refractivity contribution in [1.29, 1.82) is 0 Å². The van der Waals surface area contributed by atoms with Crippen LogP contribution in [0.1, 0.15) is 24.2 Å². The lowest BCUT2D eigenvalue weighted by Gasteiger charge is -2.15. The van der Waals surface area contributed by atoms with Crippen molar-refractivity contribution in [3.63, 3.8) is 0 Å². The van der Waals surface area contributed by atoms with E-state index in [-0.39, 0.29) is 5.82 Å². The van der Waals surface area contributed by atoms with Crippen molar-refractivity contribution in [3.8, 4) is 11.5 Å². The smallest absolute Gasteiger partial charge is 0.133 e. The maximum Gasteiger partial charge on any atom is 0.133 e. The van der Waals surface area contributed by atoms with Crippen molar-refractivity contribution >= 4 is 23.2 Å². The Hall–Kier alpha value is -1.29. The number of aliphatic hydroxyl groups is 1. The Morgan fingerprint density at radius 2 is 1.85 bits per heavy atom. The second-order valence-corrected chi connectivity index (χ2v) is 5.31. The third-order valence-electron chi connectivity index (χ3n) is 2.86. The number of aryl methyl sites for hydroxylation is 1. The summed E-state index contributed by atoms with van der Waals surface area (Å²) in [7, 11) is 0. The minimum atomic E-state index is -0.845. The van der Waals surface area contributed by atoms with Crippen LogP contribution in [0.3, 0.4) is 0 Å². The van der Waals surface area contributed by atoms with E-state index in [0.717, 1.165) is 0 Å². The molecule has 2 nitrogen and oxygen atoms in total. The van der Waals surface area contributed by atoms with Gasteiger partial charge in [0.2, 0.25) is 0 Å². The van der Waals surface area contributed by atoms with Crippen LogP contribution < -0.4 is 4.74 Å². The van der Waals surface area contributed by atoms with Crippen molar-refractivity contribution in [3.05, 3.63) is 57.3 Å². The van der Waals surface area contributed by atoms with Gasteiger partial charge in [0.05, 0.1) is 16.1 Å². The predicted octanol–water partition coefficient (Wildman–Crippen LogP) is 5.29. The van der Waals surface area contributed by atoms with Gasteiger partial charge in [-0.2, -0.15) is 0 Å². The fourth-order valence-corrected chi connectivity index (χ4v) is 2.04. The first-order valence-corrected chi connectivity index (χ1v) is 6.75. The molecule has 0 heterocycles. The predicted molar refractivity (Wildman–Crippen MR) is 78.3 cm³/mol. The van der Waals surface area contributed by atoms with E-state index in [1.165, 1.54) is 6.07 Å². The largest absolute Gasteiger partial charge is 0.457 e. The van der Waals surface area contributed by atoms with Gasteiger partial charge in [-0.3, -0.25) is 0 Å². The topological polar surface area (TPSA) is 29.5 Å². The Balaban J connectivity index is 2.41. The van der Waals surface area contributed by atoms with Crippen LogP contribution in [-0.4, -0.2) is 5.11 Å². The molecule has 0 aliphatic carbocycles. The highest BCUT2D eigenvalue weighted by Gasteiger charge is 2.14. The van der Waals surface area contributed by atoms with E-state index >= 15 is 0 Å². The Morgan fingerprint density at radius 3 is 2.45 bits per heavy atom. The first kappa shape index (κ1) is 15.1. The maximum atomic E-state index is 13.6. The number of hydrogen-bond acceptors (Lipinski definition) is 2. The van der Waals surface area contributed by atoms with Gasteiger partial charge >= 0.3 is 0 Å². The van der Waals surface area contributed by atoms with Gasteiger partial charge in [-0.1, -0.05) is 23.2 Å². The van der Waals surface area contributed by atoms with Crippen molar-refractivity contribution in [1.82, 2.24) is 0 Å². The van der Waals surface area contributed by atoms with E-state index in [9.17, 15) is 9.50 Å². The summed E-state index contributed by atoms with van der Waals surface area (Å²) in [5.74, 6) is 0.465. The molecule has 0 aliphatic rings. The lowest BCUT2D eigenvalue weighted by atomic mass is 10.1. The number of benzene rings is 2. The Morgan fingerprint density at radius 1 is 1.15 bits per heavy atom. The summed E-state index contributed by atoms with van der Waals surface area (Å²) in [5.41, 5.74) is 0.809. The molecule has 0 aliphatic heterocycles. The molecular formula is C15H13Cl2FO2. The summed E-state index contributed by atoms with van der Waals surface area (Å²) >= 11 is 11.8. The van der Waals surface area contributed by atoms with Crippen LogP contribution in [0.4, 0.5) is 4.39 Å². The zero-order chi connectivity index (χ0) is 14.9. The summed E-state index contributed by atoms with van der Waals surface area (Å²) in [5, 5.41) is 10.5. The van der Waals surface area contributed by atoms with Crippen LogP contribution in [0.25, 0.3) is 0 Å². The summed E-state index contributed by atoms with van der Waals surface area (Å²) < 4.78 is 19.2. The van der Waals surface area contributed by atoms with Crippen LogP contribution in [0, 0.1) is 12.7 Å². The first-order chi connectivity index (χ1) is 9.38. The number of halogens is 3. The highest BCUT2D eigenvalue weighted by atomic mass is 35.5. The molecule has 0 spiro atoms. The zero-order valence-corrected chi connectivity index (χ0v) is 12.5. The van der Waals surface area contributed by atoms with Crippen LogP contribution in [0.15, 0.2) is 30.3 Å². The Bertz CT molecular complexity index is 642. The maximum absolute atomic E-state index is 13.6. The van der Waals surface area contributed by atoms with Gasteiger partial charge in [-0.25, -0.2) is 4.39 Å². The molecule has 0 unspecified atom stereocenters. The number of hydrogen-bond donors (Lipinski definition) is 1. The molecule has 0 bridgehead atoms. The van der Waals surface area contributed by atoms with Crippen LogP contribution in [0.5, 0.6) is 11.5 Å². The van der Waals surface area contributed by atoms with Gasteiger partial charge in [0.1, 0.15) is 17.3 Å². The van der Waals surface area contributed by atoms with Gasteiger partial charge in [0.15, 0.2) is 0 Å². The summed E-state index contributed by atoms with van der Waals surface area (Å²) in [4.78, 5) is 0. The lowest BCUT2D eigenvalue weighted by molar-refractivity contribution is 0.195. The molecule has 2 aromatic carbocycles. The Labute approximate surface area is 126 Å². The van der Waals surface area contributed by atoms with Crippen molar-refractivity contribution in [2.75, 3.05) is 0 Å². The molecule has 0 amide bonds. The molecular weight excluding hydrogens is 302 g/mol. The van der Waals surface area contributed by atoms with Gasteiger partial charge in [0, 0.05) is 11.6 Å². The quantitative estimate of drug-likeness (QED) is 0.834. The molecule has 0 saturated heterocycles. The summed E-state index contributed by atoms with van der Waals surface area (Å²) in [6, 6.07) is 7.64. The highest BCUT2D eigenvalue weighted by Crippen LogP contribution is 2.34. The molecule has 0 fully saturated rings. The van der Waals surface area contributed by atoms with E-state index < -0.39 is 6.10 Å². The molecule has 0 radical (unpaired) electrons. The minimum absolute atomic E-state index is 0.363. The molecule has 2 rings (SSSR count). The normalized spacial score (nSPS) is 12.3. The van der Waals surface area contributed by atoms with Crippen LogP contribution in [0.2, 0.25) is 10.0 Å². The molecule has 5 heteroatoms. The van der Waals surface area contributed by atoms with Crippen molar-refractivity contribution < 1.29 is 14.2 Å². The monoisotopic (exact) mass is 314 g/mol. The first-order valence-electron chi connectivity index (χ1n) is 5.99. The highest BCUT2D eigenvalue weighted by molar-refractivity contribution is 6.42. The molecule has 106 valence electrons. The van der Waals surface area contributed by atoms with E-state index in [4.69, 9.17) is 27.9 Å². The van der Waals surface area contributed by atoms with Crippen molar-refractivity contribution in [2.24, 2.45) is 0 Å². The molecule has 1 atom stereocenters. The SMILES string of the molecule is Cc1cc(Oc2ccc(Cl)c(Cl)c2)c([C@@H](C)O)cc1F. The van der Waals surface area contributed by atoms with Gasteiger partial charge in [0.25, 0.3) is 0 Å². The van der Waals surface area contributed by atoms with E-state index in [0.29, 0.717) is 32.7 Å². The van der Waals surface area contributed by atoms with Gasteiger partial charge in [-0.05, 0) is 43.7 Å². The average molecular weight is 315 g/mol. The average Bonchev–Trinajstić information content (AvgIpc) is 2.37. The molecule has 20 heavy (non-hydrogen) atoms. The van der Waals surface area contributed by atoms with E-state index in [1.54, 1.807) is 38.1 Å². The fourth-order valence-electron chi connectivity index (χ4n) is 1.75. The second-order valence-electron chi connectivity index (χ2n) is 4.49. The zero-order valence-electron chi connectivity index (χ0n) is 11.0. The molecule has 2 aromatic rings. The molecule has 1 N–H and O–H groups in total. The lowest BCUT2D eigenvalue weighted by Crippen LogP contribution is -1.99. The van der Waals surface area contributed by atoms with Gasteiger partial charge in [-0.15, -0.1) is 0 Å². The van der Waals surface area contributed by atoms with E-state index in [1.807, 2.05) is 0 Å². The molecule has 0 saturated carbocycles. The summed E-state index contributed by atoms with van der Waals surface area (Å²) in [6.07, 6.45) is -0.845. The molecule has 0 aromatic heterocycles. The minimum Gasteiger partial charge on any atom is -0.457 e.